The lowest BCUT2D eigenvalue weighted by Gasteiger charge is -2.15. The van der Waals surface area contributed by atoms with Gasteiger partial charge in [-0.25, -0.2) is 4.98 Å². The number of hydrogen-bond donors (Lipinski definition) is 1. The first kappa shape index (κ1) is 9.75. The van der Waals surface area contributed by atoms with Gasteiger partial charge in [-0.2, -0.15) is 0 Å². The molecule has 0 spiro atoms. The molecule has 1 aromatic rings. The third-order valence-corrected chi connectivity index (χ3v) is 4.41. The van der Waals surface area contributed by atoms with Crippen molar-refractivity contribution in [3.63, 3.8) is 0 Å². The van der Waals surface area contributed by atoms with Crippen molar-refractivity contribution in [2.45, 2.75) is 13.5 Å². The molecule has 2 atom stereocenters. The Labute approximate surface area is 94.5 Å². The Hall–Kier alpha value is -0.450. The first-order chi connectivity index (χ1) is 7.31. The minimum atomic E-state index is 0.902. The average molecular weight is 223 g/mol. The zero-order valence-corrected chi connectivity index (χ0v) is 9.89. The van der Waals surface area contributed by atoms with E-state index in [-0.39, 0.29) is 0 Å². The van der Waals surface area contributed by atoms with E-state index < -0.39 is 0 Å². The Morgan fingerprint density at radius 3 is 2.80 bits per heavy atom. The topological polar surface area (TPSA) is 28.2 Å². The van der Waals surface area contributed by atoms with Crippen LogP contribution in [0.5, 0.6) is 0 Å². The van der Waals surface area contributed by atoms with E-state index in [0.29, 0.717) is 0 Å². The molecule has 4 heteroatoms. The maximum absolute atomic E-state index is 4.31. The fourth-order valence-corrected chi connectivity index (χ4v) is 3.62. The summed E-state index contributed by atoms with van der Waals surface area (Å²) in [5, 5.41) is 4.66. The van der Waals surface area contributed by atoms with E-state index in [1.807, 2.05) is 17.5 Å². The number of rotatable bonds is 2. The summed E-state index contributed by atoms with van der Waals surface area (Å²) in [5.41, 5.74) is 0. The average Bonchev–Trinajstić information content (AvgIpc) is 2.81. The molecule has 3 nitrogen and oxygen atoms in total. The molecule has 0 bridgehead atoms. The fraction of sp³-hybridized carbons (Fsp3) is 0.727. The van der Waals surface area contributed by atoms with Gasteiger partial charge in [0.05, 0.1) is 5.01 Å². The van der Waals surface area contributed by atoms with Crippen LogP contribution < -0.4 is 5.32 Å². The van der Waals surface area contributed by atoms with E-state index >= 15 is 0 Å². The molecule has 2 fully saturated rings. The summed E-state index contributed by atoms with van der Waals surface area (Å²) >= 11 is 1.83. The second-order valence-electron chi connectivity index (χ2n) is 4.72. The second kappa shape index (κ2) is 3.85. The van der Waals surface area contributed by atoms with Gasteiger partial charge in [0.1, 0.15) is 0 Å². The van der Waals surface area contributed by atoms with E-state index in [9.17, 15) is 0 Å². The molecule has 2 saturated heterocycles. The summed E-state index contributed by atoms with van der Waals surface area (Å²) in [5.74, 6) is 1.80. The highest BCUT2D eigenvalue weighted by atomic mass is 32.1. The molecule has 3 heterocycles. The van der Waals surface area contributed by atoms with Crippen molar-refractivity contribution in [2.24, 2.45) is 11.8 Å². The Kier molecular flexibility index (Phi) is 2.50. The molecule has 2 aliphatic heterocycles. The van der Waals surface area contributed by atoms with Crippen LogP contribution in [0.25, 0.3) is 0 Å². The summed E-state index contributed by atoms with van der Waals surface area (Å²) in [6.07, 6.45) is 2.03. The number of fused-ring (bicyclic) bond motifs is 1. The normalized spacial score (nSPS) is 31.0. The third kappa shape index (κ3) is 1.94. The molecule has 0 radical (unpaired) electrons. The molecule has 0 aromatic carbocycles. The minimum Gasteiger partial charge on any atom is -0.316 e. The van der Waals surface area contributed by atoms with Crippen LogP contribution in [0.1, 0.15) is 9.88 Å². The van der Waals surface area contributed by atoms with Gasteiger partial charge in [-0.15, -0.1) is 11.3 Å². The van der Waals surface area contributed by atoms with E-state index in [1.54, 1.807) is 0 Å². The molecule has 2 aliphatic rings. The lowest BCUT2D eigenvalue weighted by atomic mass is 10.0. The molecule has 0 unspecified atom stereocenters. The van der Waals surface area contributed by atoms with Gasteiger partial charge >= 0.3 is 0 Å². The van der Waals surface area contributed by atoms with Gasteiger partial charge in [0, 0.05) is 30.7 Å². The molecule has 3 rings (SSSR count). The van der Waals surface area contributed by atoms with Crippen molar-refractivity contribution in [3.8, 4) is 0 Å². The standard InChI is InChI=1S/C11H17N3S/c1-8-13-4-11(15-8)7-14-5-9-2-12-3-10(9)6-14/h4,9-10,12H,2-3,5-7H2,1H3/t9-,10+. The number of thiazole rings is 1. The van der Waals surface area contributed by atoms with Crippen LogP contribution in [0.2, 0.25) is 0 Å². The number of nitrogens with zero attached hydrogens (tertiary/aromatic N) is 2. The van der Waals surface area contributed by atoms with Crippen molar-refractivity contribution in [3.05, 3.63) is 16.1 Å². The van der Waals surface area contributed by atoms with Gasteiger partial charge in [0.2, 0.25) is 0 Å². The summed E-state index contributed by atoms with van der Waals surface area (Å²) in [6, 6.07) is 0. The molecule has 0 amide bonds. The smallest absolute Gasteiger partial charge is 0.0897 e. The zero-order valence-electron chi connectivity index (χ0n) is 9.07. The summed E-state index contributed by atoms with van der Waals surface area (Å²) in [7, 11) is 0. The number of aryl methyl sites for hydroxylation is 1. The second-order valence-corrected chi connectivity index (χ2v) is 6.04. The molecule has 82 valence electrons. The number of hydrogen-bond acceptors (Lipinski definition) is 4. The van der Waals surface area contributed by atoms with E-state index in [1.165, 1.54) is 36.1 Å². The maximum atomic E-state index is 4.31. The lowest BCUT2D eigenvalue weighted by molar-refractivity contribution is 0.308. The monoisotopic (exact) mass is 223 g/mol. The van der Waals surface area contributed by atoms with Crippen molar-refractivity contribution in [2.75, 3.05) is 26.2 Å². The van der Waals surface area contributed by atoms with E-state index in [4.69, 9.17) is 0 Å². The van der Waals surface area contributed by atoms with Gasteiger partial charge in [-0.3, -0.25) is 4.90 Å². The molecular weight excluding hydrogens is 206 g/mol. The van der Waals surface area contributed by atoms with Crippen molar-refractivity contribution >= 4 is 11.3 Å². The SMILES string of the molecule is Cc1ncc(CN2C[C@H]3CNC[C@H]3C2)s1. The highest BCUT2D eigenvalue weighted by Gasteiger charge is 2.35. The lowest BCUT2D eigenvalue weighted by Crippen LogP contribution is -2.25. The first-order valence-electron chi connectivity index (χ1n) is 5.65. The molecule has 0 aliphatic carbocycles. The highest BCUT2D eigenvalue weighted by molar-refractivity contribution is 7.11. The quantitative estimate of drug-likeness (QED) is 0.814. The van der Waals surface area contributed by atoms with Crippen LogP contribution in [0, 0.1) is 18.8 Å². The van der Waals surface area contributed by atoms with Crippen LogP contribution in [0.4, 0.5) is 0 Å². The predicted octanol–water partition coefficient (Wildman–Crippen LogP) is 1.10. The van der Waals surface area contributed by atoms with Gasteiger partial charge in [0.15, 0.2) is 0 Å². The first-order valence-corrected chi connectivity index (χ1v) is 6.47. The van der Waals surface area contributed by atoms with Crippen LogP contribution in [0.15, 0.2) is 6.20 Å². The van der Waals surface area contributed by atoms with Crippen molar-refractivity contribution in [1.82, 2.24) is 15.2 Å². The zero-order chi connectivity index (χ0) is 10.3. The maximum Gasteiger partial charge on any atom is 0.0897 e. The molecular formula is C11H17N3S. The summed E-state index contributed by atoms with van der Waals surface area (Å²) < 4.78 is 0. The Morgan fingerprint density at radius 2 is 2.20 bits per heavy atom. The minimum absolute atomic E-state index is 0.902. The van der Waals surface area contributed by atoms with Gasteiger partial charge in [-0.05, 0) is 31.8 Å². The molecule has 1 N–H and O–H groups in total. The third-order valence-electron chi connectivity index (χ3n) is 3.51. The van der Waals surface area contributed by atoms with Crippen LogP contribution in [0.3, 0.4) is 0 Å². The molecule has 1 aromatic heterocycles. The Balaban J connectivity index is 1.61. The Bertz CT molecular complexity index is 337. The number of likely N-dealkylation sites (tertiary alicyclic amines) is 1. The number of aromatic nitrogens is 1. The van der Waals surface area contributed by atoms with Crippen molar-refractivity contribution in [1.29, 1.82) is 0 Å². The Morgan fingerprint density at radius 1 is 1.47 bits per heavy atom. The molecule has 15 heavy (non-hydrogen) atoms. The van der Waals surface area contributed by atoms with Gasteiger partial charge in [0.25, 0.3) is 0 Å². The van der Waals surface area contributed by atoms with Crippen LogP contribution in [-0.2, 0) is 6.54 Å². The number of nitrogens with one attached hydrogen (secondary N) is 1. The summed E-state index contributed by atoms with van der Waals surface area (Å²) in [6.45, 7) is 8.18. The van der Waals surface area contributed by atoms with E-state index in [0.717, 1.165) is 18.4 Å². The van der Waals surface area contributed by atoms with Gasteiger partial charge in [-0.1, -0.05) is 0 Å². The van der Waals surface area contributed by atoms with Gasteiger partial charge < -0.3 is 5.32 Å². The van der Waals surface area contributed by atoms with Crippen molar-refractivity contribution < 1.29 is 0 Å². The fourth-order valence-electron chi connectivity index (χ4n) is 2.78. The van der Waals surface area contributed by atoms with E-state index in [2.05, 4.69) is 22.1 Å². The summed E-state index contributed by atoms with van der Waals surface area (Å²) in [4.78, 5) is 8.31. The molecule has 0 saturated carbocycles. The predicted molar refractivity (Wildman–Crippen MR) is 62.0 cm³/mol. The van der Waals surface area contributed by atoms with Crippen LogP contribution in [-0.4, -0.2) is 36.1 Å². The van der Waals surface area contributed by atoms with Crippen LogP contribution >= 0.6 is 11.3 Å². The highest BCUT2D eigenvalue weighted by Crippen LogP contribution is 2.28. The largest absolute Gasteiger partial charge is 0.316 e.